The van der Waals surface area contributed by atoms with Crippen LogP contribution in [-0.4, -0.2) is 33.0 Å². The minimum Gasteiger partial charge on any atom is -0.494 e. The molecule has 0 bridgehead atoms. The van der Waals surface area contributed by atoms with Crippen LogP contribution < -0.4 is 10.1 Å². The van der Waals surface area contributed by atoms with E-state index in [0.29, 0.717) is 6.61 Å². The maximum atomic E-state index is 12.2. The number of aromatic nitrogens is 3. The molecule has 3 rings (SSSR count). The lowest BCUT2D eigenvalue weighted by molar-refractivity contribution is -0.113. The zero-order valence-electron chi connectivity index (χ0n) is 16.7. The van der Waals surface area contributed by atoms with E-state index in [1.165, 1.54) is 22.2 Å². The van der Waals surface area contributed by atoms with Crippen LogP contribution in [0, 0.1) is 6.92 Å². The Bertz CT molecular complexity index is 940. The Hall–Kier alpha value is -2.45. The van der Waals surface area contributed by atoms with Gasteiger partial charge in [0.2, 0.25) is 5.91 Å². The number of carbonyl (C=O) groups excluding carboxylic acids is 1. The van der Waals surface area contributed by atoms with Crippen molar-refractivity contribution in [2.75, 3.05) is 17.7 Å². The minimum atomic E-state index is -0.0854. The summed E-state index contributed by atoms with van der Waals surface area (Å²) in [6, 6.07) is 15.8. The lowest BCUT2D eigenvalue weighted by Crippen LogP contribution is -2.14. The van der Waals surface area contributed by atoms with Crippen molar-refractivity contribution in [2.45, 2.75) is 29.7 Å². The second-order valence-corrected chi connectivity index (χ2v) is 8.35. The van der Waals surface area contributed by atoms with Gasteiger partial charge >= 0.3 is 0 Å². The molecule has 1 N–H and O–H groups in total. The number of hydrogen-bond donors (Lipinski definition) is 1. The number of anilines is 1. The fraction of sp³-hybridized carbons (Fsp3) is 0.286. The van der Waals surface area contributed by atoms with E-state index in [9.17, 15) is 4.79 Å². The highest BCUT2D eigenvalue weighted by atomic mass is 32.2. The fourth-order valence-corrected chi connectivity index (χ4v) is 4.11. The van der Waals surface area contributed by atoms with Gasteiger partial charge in [-0.15, -0.1) is 22.0 Å². The van der Waals surface area contributed by atoms with Crippen molar-refractivity contribution < 1.29 is 9.53 Å². The summed E-state index contributed by atoms with van der Waals surface area (Å²) in [5, 5.41) is 12.1. The highest BCUT2D eigenvalue weighted by Gasteiger charge is 2.12. The maximum absolute atomic E-state index is 12.2. The third-order valence-electron chi connectivity index (χ3n) is 4.10. The van der Waals surface area contributed by atoms with Crippen LogP contribution in [0.4, 0.5) is 5.69 Å². The molecule has 152 valence electrons. The number of benzene rings is 2. The highest BCUT2D eigenvalue weighted by molar-refractivity contribution is 7.99. The summed E-state index contributed by atoms with van der Waals surface area (Å²) < 4.78 is 7.34. The first-order valence-corrected chi connectivity index (χ1v) is 11.3. The summed E-state index contributed by atoms with van der Waals surface area (Å²) in [6.45, 7) is 4.63. The Kier molecular flexibility index (Phi) is 7.60. The molecule has 0 aliphatic carbocycles. The monoisotopic (exact) mass is 428 g/mol. The number of rotatable bonds is 9. The molecule has 0 fully saturated rings. The molecule has 0 saturated heterocycles. The molecule has 0 atom stereocenters. The SMILES string of the molecule is CCOc1ccc(NC(=O)CSc2nnc(CSc3ccc(C)cc3)n2C)cc1. The van der Waals surface area contributed by atoms with Gasteiger partial charge in [0, 0.05) is 17.6 Å². The van der Waals surface area contributed by atoms with E-state index in [0.717, 1.165) is 28.2 Å². The van der Waals surface area contributed by atoms with Crippen molar-refractivity contribution >= 4 is 35.1 Å². The summed E-state index contributed by atoms with van der Waals surface area (Å²) in [5.41, 5.74) is 1.99. The molecule has 3 aromatic rings. The van der Waals surface area contributed by atoms with Crippen LogP contribution in [0.25, 0.3) is 0 Å². The number of nitrogens with zero attached hydrogens (tertiary/aromatic N) is 3. The minimum absolute atomic E-state index is 0.0854. The van der Waals surface area contributed by atoms with Gasteiger partial charge in [-0.05, 0) is 50.2 Å². The van der Waals surface area contributed by atoms with Gasteiger partial charge in [0.15, 0.2) is 5.16 Å². The number of carbonyl (C=O) groups is 1. The van der Waals surface area contributed by atoms with Gasteiger partial charge in [-0.2, -0.15) is 0 Å². The first-order chi connectivity index (χ1) is 14.0. The summed E-state index contributed by atoms with van der Waals surface area (Å²) in [7, 11) is 1.93. The topological polar surface area (TPSA) is 69.0 Å². The van der Waals surface area contributed by atoms with Gasteiger partial charge < -0.3 is 14.6 Å². The zero-order valence-corrected chi connectivity index (χ0v) is 18.3. The molecule has 29 heavy (non-hydrogen) atoms. The van der Waals surface area contributed by atoms with E-state index in [1.807, 2.05) is 42.8 Å². The standard InChI is InChI=1S/C21H24N4O2S2/c1-4-27-17-9-7-16(8-10-17)22-20(26)14-29-21-24-23-19(25(21)3)13-28-18-11-5-15(2)6-12-18/h5-12H,4,13-14H2,1-3H3,(H,22,26). The normalized spacial score (nSPS) is 10.7. The van der Waals surface area contributed by atoms with E-state index in [1.54, 1.807) is 11.8 Å². The molecule has 0 spiro atoms. The predicted molar refractivity (Wildman–Crippen MR) is 119 cm³/mol. The second kappa shape index (κ2) is 10.4. The van der Waals surface area contributed by atoms with Crippen molar-refractivity contribution in [2.24, 2.45) is 7.05 Å². The first kappa shape index (κ1) is 21.3. The molecule has 1 aromatic heterocycles. The number of nitrogens with one attached hydrogen (secondary N) is 1. The van der Waals surface area contributed by atoms with Gasteiger partial charge in [0.1, 0.15) is 11.6 Å². The molecule has 8 heteroatoms. The Labute approximate surface area is 179 Å². The first-order valence-electron chi connectivity index (χ1n) is 9.28. The summed E-state index contributed by atoms with van der Waals surface area (Å²) in [5.74, 6) is 2.58. The molecule has 0 aliphatic rings. The van der Waals surface area contributed by atoms with Crippen LogP contribution >= 0.6 is 23.5 Å². The number of thioether (sulfide) groups is 2. The van der Waals surface area contributed by atoms with Crippen molar-refractivity contribution in [3.8, 4) is 5.75 Å². The van der Waals surface area contributed by atoms with Crippen LogP contribution in [0.15, 0.2) is 58.6 Å². The second-order valence-electron chi connectivity index (χ2n) is 6.35. The lowest BCUT2D eigenvalue weighted by Gasteiger charge is -2.07. The quantitative estimate of drug-likeness (QED) is 0.505. The molecule has 6 nitrogen and oxygen atoms in total. The average Bonchev–Trinajstić information content (AvgIpc) is 3.07. The van der Waals surface area contributed by atoms with Gasteiger partial charge in [0.05, 0.1) is 18.1 Å². The molecule has 0 radical (unpaired) electrons. The van der Waals surface area contributed by atoms with Gasteiger partial charge in [-0.25, -0.2) is 0 Å². The van der Waals surface area contributed by atoms with E-state index < -0.39 is 0 Å². The number of ether oxygens (including phenoxy) is 1. The Morgan fingerprint density at radius 2 is 1.79 bits per heavy atom. The van der Waals surface area contributed by atoms with Crippen molar-refractivity contribution in [3.05, 3.63) is 59.9 Å². The van der Waals surface area contributed by atoms with E-state index >= 15 is 0 Å². The van der Waals surface area contributed by atoms with Crippen molar-refractivity contribution in [1.29, 1.82) is 0 Å². The van der Waals surface area contributed by atoms with Gasteiger partial charge in [0.25, 0.3) is 0 Å². The summed E-state index contributed by atoms with van der Waals surface area (Å²) in [6.07, 6.45) is 0. The van der Waals surface area contributed by atoms with E-state index in [-0.39, 0.29) is 11.7 Å². The summed E-state index contributed by atoms with van der Waals surface area (Å²) >= 11 is 3.09. The van der Waals surface area contributed by atoms with Crippen molar-refractivity contribution in [3.63, 3.8) is 0 Å². The van der Waals surface area contributed by atoms with Crippen LogP contribution in [0.2, 0.25) is 0 Å². The predicted octanol–water partition coefficient (Wildman–Crippen LogP) is 4.55. The van der Waals surface area contributed by atoms with Gasteiger partial charge in [-0.1, -0.05) is 29.5 Å². The van der Waals surface area contributed by atoms with Crippen molar-refractivity contribution in [1.82, 2.24) is 14.8 Å². The van der Waals surface area contributed by atoms with Crippen LogP contribution in [-0.2, 0) is 17.6 Å². The largest absolute Gasteiger partial charge is 0.494 e. The fourth-order valence-electron chi connectivity index (χ4n) is 2.51. The maximum Gasteiger partial charge on any atom is 0.234 e. The molecule has 1 amide bonds. The highest BCUT2D eigenvalue weighted by Crippen LogP contribution is 2.24. The average molecular weight is 429 g/mol. The van der Waals surface area contributed by atoms with E-state index in [2.05, 4.69) is 46.7 Å². The third-order valence-corrected chi connectivity index (χ3v) is 6.12. The molecule has 0 saturated carbocycles. The van der Waals surface area contributed by atoms with Crippen LogP contribution in [0.3, 0.4) is 0 Å². The van der Waals surface area contributed by atoms with Crippen LogP contribution in [0.1, 0.15) is 18.3 Å². The third kappa shape index (κ3) is 6.27. The Morgan fingerprint density at radius 3 is 2.48 bits per heavy atom. The molecule has 2 aromatic carbocycles. The molecular weight excluding hydrogens is 404 g/mol. The van der Waals surface area contributed by atoms with Crippen LogP contribution in [0.5, 0.6) is 5.75 Å². The number of amides is 1. The number of aryl methyl sites for hydroxylation is 1. The molecular formula is C21H24N4O2S2. The summed E-state index contributed by atoms with van der Waals surface area (Å²) in [4.78, 5) is 13.4. The molecule has 0 aliphatic heterocycles. The Balaban J connectivity index is 1.49. The zero-order chi connectivity index (χ0) is 20.6. The van der Waals surface area contributed by atoms with Gasteiger partial charge in [-0.3, -0.25) is 4.79 Å². The lowest BCUT2D eigenvalue weighted by atomic mass is 10.2. The van der Waals surface area contributed by atoms with E-state index in [4.69, 9.17) is 4.74 Å². The molecule has 0 unspecified atom stereocenters. The number of hydrogen-bond acceptors (Lipinski definition) is 6. The Morgan fingerprint density at radius 1 is 1.07 bits per heavy atom. The smallest absolute Gasteiger partial charge is 0.234 e. The molecule has 1 heterocycles.